The van der Waals surface area contributed by atoms with E-state index in [0.29, 0.717) is 11.1 Å². The molecule has 2 rings (SSSR count). The second kappa shape index (κ2) is 5.69. The first-order valence-electron chi connectivity index (χ1n) is 5.77. The first-order valence-corrected chi connectivity index (χ1v) is 5.77. The first-order chi connectivity index (χ1) is 9.47. The van der Waals surface area contributed by atoms with Gasteiger partial charge < -0.3 is 0 Å². The van der Waals surface area contributed by atoms with Gasteiger partial charge >= 0.3 is 6.18 Å². The second-order valence-corrected chi connectivity index (χ2v) is 4.05. The molecule has 1 amide bonds. The molecule has 0 saturated heterocycles. The van der Waals surface area contributed by atoms with Gasteiger partial charge in [-0.1, -0.05) is 30.3 Å². The number of carbonyl (C=O) groups excluding carboxylic acids is 1. The quantitative estimate of drug-likeness (QED) is 0.764. The highest BCUT2D eigenvalue weighted by Crippen LogP contribution is 2.28. The Morgan fingerprint density at radius 3 is 2.10 bits per heavy atom. The van der Waals surface area contributed by atoms with Crippen molar-refractivity contribution in [3.8, 4) is 0 Å². The van der Waals surface area contributed by atoms with Crippen molar-refractivity contribution in [2.45, 2.75) is 6.18 Å². The van der Waals surface area contributed by atoms with Crippen LogP contribution >= 0.6 is 0 Å². The van der Waals surface area contributed by atoms with Crippen LogP contribution in [-0.2, 0) is 6.18 Å². The molecule has 5 heteroatoms. The lowest BCUT2D eigenvalue weighted by Crippen LogP contribution is -2.04. The van der Waals surface area contributed by atoms with Crippen LogP contribution in [0.4, 0.5) is 13.2 Å². The highest BCUT2D eigenvalue weighted by atomic mass is 19.4. The van der Waals surface area contributed by atoms with Gasteiger partial charge in [-0.15, -0.1) is 0 Å². The summed E-state index contributed by atoms with van der Waals surface area (Å²) in [6, 6.07) is 12.9. The third kappa shape index (κ3) is 3.54. The average molecular weight is 277 g/mol. The number of nitrogens with zero attached hydrogens (tertiary/aromatic N) is 1. The van der Waals surface area contributed by atoms with Gasteiger partial charge in [-0.25, -0.2) is 4.99 Å². The average Bonchev–Trinajstić information content (AvgIpc) is 2.45. The molecule has 0 spiro atoms. The van der Waals surface area contributed by atoms with Crippen LogP contribution in [0.1, 0.15) is 21.5 Å². The molecule has 0 N–H and O–H groups in total. The maximum atomic E-state index is 12.4. The molecular weight excluding hydrogens is 267 g/mol. The molecule has 2 aromatic rings. The fourth-order valence-electron chi connectivity index (χ4n) is 1.55. The zero-order valence-corrected chi connectivity index (χ0v) is 10.3. The van der Waals surface area contributed by atoms with Gasteiger partial charge in [0.1, 0.15) is 0 Å². The summed E-state index contributed by atoms with van der Waals surface area (Å²) in [4.78, 5) is 15.4. The lowest BCUT2D eigenvalue weighted by molar-refractivity contribution is -0.137. The number of amides is 1. The van der Waals surface area contributed by atoms with Crippen LogP contribution in [0.2, 0.25) is 0 Å². The summed E-state index contributed by atoms with van der Waals surface area (Å²) in [6.07, 6.45) is -3.12. The van der Waals surface area contributed by atoms with E-state index < -0.39 is 17.6 Å². The van der Waals surface area contributed by atoms with Crippen LogP contribution in [-0.4, -0.2) is 12.1 Å². The minimum atomic E-state index is -4.37. The topological polar surface area (TPSA) is 29.4 Å². The highest BCUT2D eigenvalue weighted by Gasteiger charge is 2.29. The van der Waals surface area contributed by atoms with Crippen molar-refractivity contribution in [3.63, 3.8) is 0 Å². The van der Waals surface area contributed by atoms with Crippen molar-refractivity contribution < 1.29 is 18.0 Å². The number of benzene rings is 2. The monoisotopic (exact) mass is 277 g/mol. The molecule has 102 valence electrons. The molecule has 0 radical (unpaired) electrons. The molecule has 0 aliphatic rings. The van der Waals surface area contributed by atoms with Crippen molar-refractivity contribution in [1.29, 1.82) is 0 Å². The molecule has 0 saturated carbocycles. The zero-order chi connectivity index (χ0) is 14.6. The third-order valence-electron chi connectivity index (χ3n) is 2.59. The number of hydrogen-bond acceptors (Lipinski definition) is 1. The molecule has 0 heterocycles. The molecule has 0 unspecified atom stereocenters. The van der Waals surface area contributed by atoms with Gasteiger partial charge in [0.15, 0.2) is 0 Å². The van der Waals surface area contributed by atoms with E-state index in [0.717, 1.165) is 12.1 Å². The summed E-state index contributed by atoms with van der Waals surface area (Å²) in [5.41, 5.74) is 0.127. The molecule has 0 aliphatic carbocycles. The van der Waals surface area contributed by atoms with Crippen molar-refractivity contribution in [1.82, 2.24) is 0 Å². The van der Waals surface area contributed by atoms with E-state index in [1.54, 1.807) is 30.3 Å². The fourth-order valence-corrected chi connectivity index (χ4v) is 1.55. The summed E-state index contributed by atoms with van der Waals surface area (Å²) in [5, 5.41) is 0. The lowest BCUT2D eigenvalue weighted by atomic mass is 10.1. The van der Waals surface area contributed by atoms with E-state index >= 15 is 0 Å². The van der Waals surface area contributed by atoms with E-state index in [9.17, 15) is 18.0 Å². The SMILES string of the molecule is O=C(N=Cc1ccc(C(F)(F)F)cc1)c1ccccc1. The van der Waals surface area contributed by atoms with Crippen LogP contribution < -0.4 is 0 Å². The number of hydrogen-bond donors (Lipinski definition) is 0. The van der Waals surface area contributed by atoms with Crippen LogP contribution in [0.15, 0.2) is 59.6 Å². The number of aliphatic imine (C=N–C) groups is 1. The van der Waals surface area contributed by atoms with Crippen molar-refractivity contribution >= 4 is 12.1 Å². The van der Waals surface area contributed by atoms with Gasteiger partial charge in [0.05, 0.1) is 5.56 Å². The largest absolute Gasteiger partial charge is 0.416 e. The Hall–Kier alpha value is -2.43. The van der Waals surface area contributed by atoms with Gasteiger partial charge in [0.25, 0.3) is 5.91 Å². The summed E-state index contributed by atoms with van der Waals surface area (Å²) in [6.45, 7) is 0. The van der Waals surface area contributed by atoms with E-state index in [1.165, 1.54) is 18.3 Å². The summed E-state index contributed by atoms with van der Waals surface area (Å²) in [5.74, 6) is -0.439. The normalized spacial score (nSPS) is 11.8. The number of halogens is 3. The van der Waals surface area contributed by atoms with E-state index in [1.807, 2.05) is 0 Å². The molecular formula is C15H10F3NO. The molecule has 0 fully saturated rings. The van der Waals surface area contributed by atoms with Crippen molar-refractivity contribution in [2.75, 3.05) is 0 Å². The third-order valence-corrected chi connectivity index (χ3v) is 2.59. The Morgan fingerprint density at radius 1 is 0.950 bits per heavy atom. The van der Waals surface area contributed by atoms with Crippen molar-refractivity contribution in [3.05, 3.63) is 71.3 Å². The Bertz CT molecular complexity index is 616. The molecule has 2 nitrogen and oxygen atoms in total. The molecule has 2 aromatic carbocycles. The summed E-state index contributed by atoms with van der Waals surface area (Å²) in [7, 11) is 0. The summed E-state index contributed by atoms with van der Waals surface area (Å²) >= 11 is 0. The van der Waals surface area contributed by atoms with Gasteiger partial charge in [-0.3, -0.25) is 4.79 Å². The second-order valence-electron chi connectivity index (χ2n) is 4.05. The maximum Gasteiger partial charge on any atom is 0.416 e. The minimum Gasteiger partial charge on any atom is -0.267 e. The van der Waals surface area contributed by atoms with Crippen LogP contribution in [0.5, 0.6) is 0 Å². The Kier molecular flexibility index (Phi) is 3.98. The smallest absolute Gasteiger partial charge is 0.267 e. The van der Waals surface area contributed by atoms with Crippen LogP contribution in [0.3, 0.4) is 0 Å². The molecule has 0 bridgehead atoms. The predicted octanol–water partition coefficient (Wildman–Crippen LogP) is 3.96. The van der Waals surface area contributed by atoms with Gasteiger partial charge in [-0.2, -0.15) is 13.2 Å². The highest BCUT2D eigenvalue weighted by molar-refractivity contribution is 6.01. The molecule has 0 aliphatic heterocycles. The Labute approximate surface area is 113 Å². The van der Waals surface area contributed by atoms with Gasteiger partial charge in [0.2, 0.25) is 0 Å². The van der Waals surface area contributed by atoms with Gasteiger partial charge in [-0.05, 0) is 29.8 Å². The fraction of sp³-hybridized carbons (Fsp3) is 0.0667. The standard InChI is InChI=1S/C15H10F3NO/c16-15(17,18)13-8-6-11(7-9-13)10-19-14(20)12-4-2-1-3-5-12/h1-10H. The molecule has 0 atom stereocenters. The van der Waals surface area contributed by atoms with Crippen LogP contribution in [0, 0.1) is 0 Å². The zero-order valence-electron chi connectivity index (χ0n) is 10.3. The van der Waals surface area contributed by atoms with E-state index in [-0.39, 0.29) is 0 Å². The van der Waals surface area contributed by atoms with Crippen LogP contribution in [0.25, 0.3) is 0 Å². The van der Waals surface area contributed by atoms with E-state index in [4.69, 9.17) is 0 Å². The number of alkyl halides is 3. The minimum absolute atomic E-state index is 0.427. The number of carbonyl (C=O) groups is 1. The van der Waals surface area contributed by atoms with Crippen molar-refractivity contribution in [2.24, 2.45) is 4.99 Å². The Balaban J connectivity index is 2.11. The predicted molar refractivity (Wildman–Crippen MR) is 69.8 cm³/mol. The first kappa shape index (κ1) is 14.0. The Morgan fingerprint density at radius 2 is 1.55 bits per heavy atom. The lowest BCUT2D eigenvalue weighted by Gasteiger charge is -2.05. The van der Waals surface area contributed by atoms with Gasteiger partial charge in [0, 0.05) is 11.8 Å². The summed E-state index contributed by atoms with van der Waals surface area (Å²) < 4.78 is 37.1. The molecule has 20 heavy (non-hydrogen) atoms. The molecule has 0 aromatic heterocycles. The maximum absolute atomic E-state index is 12.4. The van der Waals surface area contributed by atoms with E-state index in [2.05, 4.69) is 4.99 Å². The number of rotatable bonds is 2.